The lowest BCUT2D eigenvalue weighted by Crippen LogP contribution is -2.35. The van der Waals surface area contributed by atoms with E-state index in [4.69, 9.17) is 11.6 Å². The van der Waals surface area contributed by atoms with Crippen LogP contribution in [0.4, 0.5) is 0 Å². The molecule has 1 saturated carbocycles. The van der Waals surface area contributed by atoms with Gasteiger partial charge in [-0.05, 0) is 71.0 Å². The highest BCUT2D eigenvalue weighted by Gasteiger charge is 2.33. The summed E-state index contributed by atoms with van der Waals surface area (Å²) in [6.07, 6.45) is 4.36. The molecule has 1 atom stereocenters. The normalized spacial score (nSPS) is 14.8. The first-order valence-electron chi connectivity index (χ1n) is 13.5. The molecule has 2 heterocycles. The van der Waals surface area contributed by atoms with E-state index in [1.54, 1.807) is 0 Å². The molecule has 0 aliphatic heterocycles. The highest BCUT2D eigenvalue weighted by atomic mass is 35.5. The lowest BCUT2D eigenvalue weighted by atomic mass is 10.0. The lowest BCUT2D eigenvalue weighted by molar-refractivity contribution is 0.190. The minimum atomic E-state index is -0.495. The van der Waals surface area contributed by atoms with Gasteiger partial charge in [-0.3, -0.25) is 9.69 Å². The van der Waals surface area contributed by atoms with Gasteiger partial charge in [-0.15, -0.1) is 5.10 Å². The topological polar surface area (TPSA) is 79.7 Å². The fourth-order valence-electron chi connectivity index (χ4n) is 5.74. The summed E-state index contributed by atoms with van der Waals surface area (Å²) in [4.78, 5) is 19.2. The van der Waals surface area contributed by atoms with E-state index in [0.717, 1.165) is 53.3 Å². The number of rotatable bonds is 8. The molecule has 5 aromatic rings. The number of aromatic nitrogens is 5. The fraction of sp³-hybridized carbons (Fsp3) is 0.290. The van der Waals surface area contributed by atoms with Crippen molar-refractivity contribution < 1.29 is 0 Å². The number of H-pyrrole nitrogens is 1. The van der Waals surface area contributed by atoms with Gasteiger partial charge >= 0.3 is 0 Å². The molecule has 1 unspecified atom stereocenters. The van der Waals surface area contributed by atoms with Crippen LogP contribution in [0.3, 0.4) is 0 Å². The molecule has 39 heavy (non-hydrogen) atoms. The predicted molar refractivity (Wildman–Crippen MR) is 154 cm³/mol. The molecule has 3 aromatic carbocycles. The van der Waals surface area contributed by atoms with E-state index in [1.807, 2.05) is 65.3 Å². The zero-order valence-corrected chi connectivity index (χ0v) is 22.7. The maximum absolute atomic E-state index is 13.8. The van der Waals surface area contributed by atoms with Crippen LogP contribution in [-0.4, -0.2) is 30.1 Å². The number of fused-ring (bicyclic) bond motifs is 1. The van der Waals surface area contributed by atoms with Gasteiger partial charge in [0.15, 0.2) is 5.82 Å². The summed E-state index contributed by atoms with van der Waals surface area (Å²) in [6, 6.07) is 25.9. The third-order valence-corrected chi connectivity index (χ3v) is 8.05. The van der Waals surface area contributed by atoms with E-state index in [9.17, 15) is 4.79 Å². The Hall–Kier alpha value is -3.81. The minimum Gasteiger partial charge on any atom is -0.322 e. The molecular formula is C31H31ClN6O. The van der Waals surface area contributed by atoms with Gasteiger partial charge < -0.3 is 4.98 Å². The van der Waals surface area contributed by atoms with E-state index in [0.29, 0.717) is 29.5 Å². The Morgan fingerprint density at radius 3 is 2.56 bits per heavy atom. The first-order valence-corrected chi connectivity index (χ1v) is 13.9. The van der Waals surface area contributed by atoms with Crippen molar-refractivity contribution >= 4 is 22.5 Å². The number of nitrogens with zero attached hydrogens (tertiary/aromatic N) is 5. The van der Waals surface area contributed by atoms with E-state index >= 15 is 0 Å². The SMILES string of the molecule is Cc1ccc2[nH]c(=O)c(C(c3nnnn3C3CCCC3)N(Cc3ccccc3)Cc3ccccc3Cl)cc2c1. The van der Waals surface area contributed by atoms with Crippen molar-refractivity contribution in [1.29, 1.82) is 0 Å². The molecule has 0 bridgehead atoms. The van der Waals surface area contributed by atoms with Crippen molar-refractivity contribution in [2.45, 2.75) is 57.8 Å². The molecular weight excluding hydrogens is 508 g/mol. The Kier molecular flexibility index (Phi) is 7.26. The van der Waals surface area contributed by atoms with Gasteiger partial charge in [0.2, 0.25) is 0 Å². The van der Waals surface area contributed by atoms with Gasteiger partial charge in [-0.25, -0.2) is 4.68 Å². The van der Waals surface area contributed by atoms with E-state index in [1.165, 1.54) is 0 Å². The third-order valence-electron chi connectivity index (χ3n) is 7.68. The smallest absolute Gasteiger partial charge is 0.253 e. The second kappa shape index (κ2) is 11.1. The first-order chi connectivity index (χ1) is 19.1. The molecule has 6 rings (SSSR count). The third kappa shape index (κ3) is 5.37. The second-order valence-corrected chi connectivity index (χ2v) is 10.9. The highest BCUT2D eigenvalue weighted by Crippen LogP contribution is 2.35. The molecule has 7 nitrogen and oxygen atoms in total. The van der Waals surface area contributed by atoms with Gasteiger partial charge in [0.05, 0.1) is 6.04 Å². The summed E-state index contributed by atoms with van der Waals surface area (Å²) in [6.45, 7) is 3.16. The summed E-state index contributed by atoms with van der Waals surface area (Å²) in [5.74, 6) is 0.683. The summed E-state index contributed by atoms with van der Waals surface area (Å²) < 4.78 is 1.96. The molecule has 0 radical (unpaired) electrons. The van der Waals surface area contributed by atoms with Gasteiger partial charge in [0, 0.05) is 29.2 Å². The molecule has 1 aliphatic rings. The zero-order valence-electron chi connectivity index (χ0n) is 21.9. The maximum atomic E-state index is 13.8. The van der Waals surface area contributed by atoms with Crippen LogP contribution in [0.5, 0.6) is 0 Å². The molecule has 1 aliphatic carbocycles. The Labute approximate surface area is 232 Å². The lowest BCUT2D eigenvalue weighted by Gasteiger charge is -2.32. The number of aryl methyl sites for hydroxylation is 1. The van der Waals surface area contributed by atoms with Crippen molar-refractivity contribution in [3.8, 4) is 0 Å². The first kappa shape index (κ1) is 25.5. The minimum absolute atomic E-state index is 0.144. The standard InChI is InChI=1S/C31H31ClN6O/c1-21-15-16-28-24(17-21)18-26(31(39)33-28)29(30-34-35-36-38(30)25-12-6-7-13-25)37(19-22-9-3-2-4-10-22)20-23-11-5-8-14-27(23)32/h2-5,8-11,14-18,25,29H,6-7,12-13,19-20H2,1H3,(H,33,39). The molecule has 2 aromatic heterocycles. The molecule has 0 spiro atoms. The monoisotopic (exact) mass is 538 g/mol. The summed E-state index contributed by atoms with van der Waals surface area (Å²) in [5, 5.41) is 14.8. The fourth-order valence-corrected chi connectivity index (χ4v) is 5.93. The number of pyridine rings is 1. The van der Waals surface area contributed by atoms with Crippen LogP contribution in [0, 0.1) is 6.92 Å². The molecule has 8 heteroatoms. The molecule has 0 amide bonds. The predicted octanol–water partition coefficient (Wildman–Crippen LogP) is 6.38. The Balaban J connectivity index is 1.55. The molecule has 1 N–H and O–H groups in total. The number of hydrogen-bond donors (Lipinski definition) is 1. The van der Waals surface area contributed by atoms with Gasteiger partial charge in [0.1, 0.15) is 6.04 Å². The van der Waals surface area contributed by atoms with Crippen molar-refractivity contribution in [2.75, 3.05) is 0 Å². The molecule has 0 saturated heterocycles. The van der Waals surface area contributed by atoms with E-state index in [2.05, 4.69) is 50.5 Å². The van der Waals surface area contributed by atoms with Crippen molar-refractivity contribution in [3.05, 3.63) is 122 Å². The van der Waals surface area contributed by atoms with Crippen LogP contribution >= 0.6 is 11.6 Å². The van der Waals surface area contributed by atoms with Crippen LogP contribution in [0.25, 0.3) is 10.9 Å². The van der Waals surface area contributed by atoms with Crippen molar-refractivity contribution in [1.82, 2.24) is 30.1 Å². The van der Waals surface area contributed by atoms with Crippen LogP contribution in [0.15, 0.2) is 83.7 Å². The number of halogens is 1. The molecule has 1 fully saturated rings. The number of hydrogen-bond acceptors (Lipinski definition) is 5. The van der Waals surface area contributed by atoms with Crippen LogP contribution in [0.1, 0.15) is 65.8 Å². The van der Waals surface area contributed by atoms with E-state index < -0.39 is 6.04 Å². The van der Waals surface area contributed by atoms with Crippen LogP contribution in [-0.2, 0) is 13.1 Å². The number of tetrazole rings is 1. The Morgan fingerprint density at radius 1 is 1.00 bits per heavy atom. The van der Waals surface area contributed by atoms with Crippen molar-refractivity contribution in [2.24, 2.45) is 0 Å². The largest absolute Gasteiger partial charge is 0.322 e. The summed E-state index contributed by atoms with van der Waals surface area (Å²) in [7, 11) is 0. The van der Waals surface area contributed by atoms with Crippen LogP contribution in [0.2, 0.25) is 5.02 Å². The van der Waals surface area contributed by atoms with Crippen molar-refractivity contribution in [3.63, 3.8) is 0 Å². The number of nitrogens with one attached hydrogen (secondary N) is 1. The highest BCUT2D eigenvalue weighted by molar-refractivity contribution is 6.31. The maximum Gasteiger partial charge on any atom is 0.253 e. The Morgan fingerprint density at radius 2 is 1.77 bits per heavy atom. The Bertz CT molecular complexity index is 1640. The van der Waals surface area contributed by atoms with Gasteiger partial charge in [-0.1, -0.05) is 84.6 Å². The van der Waals surface area contributed by atoms with E-state index in [-0.39, 0.29) is 11.6 Å². The van der Waals surface area contributed by atoms with Crippen LogP contribution < -0.4 is 5.56 Å². The van der Waals surface area contributed by atoms with Gasteiger partial charge in [0.25, 0.3) is 5.56 Å². The zero-order chi connectivity index (χ0) is 26.8. The van der Waals surface area contributed by atoms with Gasteiger partial charge in [-0.2, -0.15) is 0 Å². The summed E-state index contributed by atoms with van der Waals surface area (Å²) in [5.41, 5.74) is 4.52. The summed E-state index contributed by atoms with van der Waals surface area (Å²) >= 11 is 6.67. The number of aromatic amines is 1. The average molecular weight is 539 g/mol. The molecule has 198 valence electrons. The number of benzene rings is 3. The average Bonchev–Trinajstić information content (AvgIpc) is 3.64. The second-order valence-electron chi connectivity index (χ2n) is 10.4. The quantitative estimate of drug-likeness (QED) is 0.248.